The smallest absolute Gasteiger partial charge is 0.340 e. The fraction of sp³-hybridized carbons (Fsp3) is 0.0870. The van der Waals surface area contributed by atoms with Crippen LogP contribution in [0.5, 0.6) is 0 Å². The number of methoxy groups -OCH3 is 1. The zero-order valence-corrected chi connectivity index (χ0v) is 18.4. The van der Waals surface area contributed by atoms with E-state index in [9.17, 15) is 4.79 Å². The summed E-state index contributed by atoms with van der Waals surface area (Å²) in [5, 5.41) is 11.6. The summed E-state index contributed by atoms with van der Waals surface area (Å²) < 4.78 is 6.80. The van der Waals surface area contributed by atoms with Gasteiger partial charge in [0.1, 0.15) is 5.00 Å². The molecular formula is C23H20N4O2S2. The molecule has 2 aromatic carbocycles. The van der Waals surface area contributed by atoms with E-state index in [-0.39, 0.29) is 0 Å². The van der Waals surface area contributed by atoms with Gasteiger partial charge >= 0.3 is 5.97 Å². The Kier molecular flexibility index (Phi) is 6.40. The van der Waals surface area contributed by atoms with Crippen molar-refractivity contribution in [2.45, 2.75) is 6.54 Å². The number of esters is 1. The Morgan fingerprint density at radius 2 is 1.94 bits per heavy atom. The van der Waals surface area contributed by atoms with Crippen molar-refractivity contribution in [3.63, 3.8) is 0 Å². The third kappa shape index (κ3) is 5.17. The van der Waals surface area contributed by atoms with Crippen molar-refractivity contribution in [2.75, 3.05) is 17.7 Å². The first kappa shape index (κ1) is 20.8. The highest BCUT2D eigenvalue weighted by Crippen LogP contribution is 2.36. The van der Waals surface area contributed by atoms with Gasteiger partial charge in [0, 0.05) is 23.0 Å². The van der Waals surface area contributed by atoms with Crippen molar-refractivity contribution in [1.29, 1.82) is 0 Å². The van der Waals surface area contributed by atoms with Crippen LogP contribution in [0.15, 0.2) is 79.1 Å². The Labute approximate surface area is 189 Å². The van der Waals surface area contributed by atoms with Crippen molar-refractivity contribution in [2.24, 2.45) is 0 Å². The van der Waals surface area contributed by atoms with Crippen molar-refractivity contribution in [1.82, 2.24) is 9.78 Å². The number of thiocarbonyl (C=S) groups is 1. The Bertz CT molecular complexity index is 1190. The van der Waals surface area contributed by atoms with E-state index in [0.29, 0.717) is 22.2 Å². The molecule has 0 radical (unpaired) electrons. The number of rotatable bonds is 6. The molecule has 0 fully saturated rings. The van der Waals surface area contributed by atoms with Crippen LogP contribution in [-0.4, -0.2) is 28.0 Å². The summed E-state index contributed by atoms with van der Waals surface area (Å²) in [5.74, 6) is -0.412. The number of anilines is 2. The molecule has 8 heteroatoms. The molecule has 0 aliphatic rings. The van der Waals surface area contributed by atoms with E-state index in [1.165, 1.54) is 18.4 Å². The number of ether oxygens (including phenoxy) is 1. The molecule has 0 saturated heterocycles. The fourth-order valence-electron chi connectivity index (χ4n) is 3.08. The summed E-state index contributed by atoms with van der Waals surface area (Å²) in [5.41, 5.74) is 3.41. The molecule has 0 bridgehead atoms. The minimum Gasteiger partial charge on any atom is -0.465 e. The molecule has 4 rings (SSSR count). The lowest BCUT2D eigenvalue weighted by Crippen LogP contribution is -2.20. The van der Waals surface area contributed by atoms with E-state index in [1.807, 2.05) is 77.6 Å². The Morgan fingerprint density at radius 3 is 2.68 bits per heavy atom. The van der Waals surface area contributed by atoms with Crippen molar-refractivity contribution < 1.29 is 9.53 Å². The second-order valence-corrected chi connectivity index (χ2v) is 8.15. The molecule has 156 valence electrons. The summed E-state index contributed by atoms with van der Waals surface area (Å²) >= 11 is 6.95. The molecule has 0 aliphatic heterocycles. The summed E-state index contributed by atoms with van der Waals surface area (Å²) in [6.07, 6.45) is 3.67. The van der Waals surface area contributed by atoms with E-state index < -0.39 is 5.97 Å². The van der Waals surface area contributed by atoms with Gasteiger partial charge in [0.2, 0.25) is 0 Å². The van der Waals surface area contributed by atoms with E-state index in [0.717, 1.165) is 21.7 Å². The highest BCUT2D eigenvalue weighted by atomic mass is 32.1. The van der Waals surface area contributed by atoms with Crippen LogP contribution < -0.4 is 10.6 Å². The first-order chi connectivity index (χ1) is 15.1. The van der Waals surface area contributed by atoms with Crippen molar-refractivity contribution in [3.8, 4) is 10.4 Å². The third-order valence-electron chi connectivity index (χ3n) is 4.51. The van der Waals surface area contributed by atoms with Crippen molar-refractivity contribution >= 4 is 45.3 Å². The third-order valence-corrected chi connectivity index (χ3v) is 5.82. The predicted molar refractivity (Wildman–Crippen MR) is 129 cm³/mol. The molecule has 0 unspecified atom stereocenters. The van der Waals surface area contributed by atoms with E-state index >= 15 is 0 Å². The number of nitrogens with one attached hydrogen (secondary N) is 2. The number of hydrogen-bond acceptors (Lipinski definition) is 5. The lowest BCUT2D eigenvalue weighted by Gasteiger charge is -2.11. The normalized spacial score (nSPS) is 10.5. The van der Waals surface area contributed by atoms with Crippen LogP contribution in [0.2, 0.25) is 0 Å². The molecule has 0 saturated carbocycles. The topological polar surface area (TPSA) is 68.2 Å². The van der Waals surface area contributed by atoms with Crippen LogP contribution in [0.4, 0.5) is 10.7 Å². The summed E-state index contributed by atoms with van der Waals surface area (Å²) in [4.78, 5) is 13.2. The zero-order chi connectivity index (χ0) is 21.6. The molecule has 2 aromatic heterocycles. The second kappa shape index (κ2) is 9.55. The molecule has 0 aliphatic carbocycles. The van der Waals surface area contributed by atoms with Gasteiger partial charge in [-0.25, -0.2) is 4.79 Å². The Morgan fingerprint density at radius 1 is 1.10 bits per heavy atom. The highest BCUT2D eigenvalue weighted by Gasteiger charge is 2.18. The monoisotopic (exact) mass is 448 g/mol. The van der Waals surface area contributed by atoms with Gasteiger partial charge in [-0.05, 0) is 47.6 Å². The fourth-order valence-corrected chi connectivity index (χ4v) is 4.42. The second-order valence-electron chi connectivity index (χ2n) is 6.69. The minimum absolute atomic E-state index is 0.392. The predicted octanol–water partition coefficient (Wildman–Crippen LogP) is 5.26. The van der Waals surface area contributed by atoms with Crippen LogP contribution in [0.1, 0.15) is 15.9 Å². The van der Waals surface area contributed by atoms with Gasteiger partial charge in [-0.15, -0.1) is 11.3 Å². The quantitative estimate of drug-likeness (QED) is 0.310. The number of carbonyl (C=O) groups excluding carboxylic acids is 1. The highest BCUT2D eigenvalue weighted by molar-refractivity contribution is 7.80. The van der Waals surface area contributed by atoms with Crippen molar-refractivity contribution in [3.05, 3.63) is 90.3 Å². The average Bonchev–Trinajstić information content (AvgIpc) is 3.44. The van der Waals surface area contributed by atoms with E-state index in [4.69, 9.17) is 17.0 Å². The molecular weight excluding hydrogens is 428 g/mol. The maximum absolute atomic E-state index is 12.3. The number of hydrogen-bond donors (Lipinski definition) is 2. The Hall–Kier alpha value is -3.49. The van der Waals surface area contributed by atoms with Gasteiger partial charge in [-0.1, -0.05) is 42.5 Å². The van der Waals surface area contributed by atoms with Gasteiger partial charge in [-0.3, -0.25) is 4.68 Å². The minimum atomic E-state index is -0.412. The molecule has 4 aromatic rings. The van der Waals surface area contributed by atoms with E-state index in [2.05, 4.69) is 15.7 Å². The first-order valence-corrected chi connectivity index (χ1v) is 10.8. The average molecular weight is 449 g/mol. The van der Waals surface area contributed by atoms with Crippen LogP contribution in [0.25, 0.3) is 10.4 Å². The SMILES string of the molecule is COC(=O)c1cc(-c2ccccc2)sc1NC(=S)Nc1cccc(Cn2cccn2)c1. The van der Waals surface area contributed by atoms with Gasteiger partial charge in [-0.2, -0.15) is 5.10 Å². The summed E-state index contributed by atoms with van der Waals surface area (Å²) in [6.45, 7) is 0.667. The van der Waals surface area contributed by atoms with Crippen LogP contribution in [0, 0.1) is 0 Å². The largest absolute Gasteiger partial charge is 0.465 e. The van der Waals surface area contributed by atoms with Crippen LogP contribution >= 0.6 is 23.6 Å². The molecule has 31 heavy (non-hydrogen) atoms. The number of carbonyl (C=O) groups is 1. The lowest BCUT2D eigenvalue weighted by molar-refractivity contribution is 0.0602. The zero-order valence-electron chi connectivity index (χ0n) is 16.7. The first-order valence-electron chi connectivity index (χ1n) is 9.54. The van der Waals surface area contributed by atoms with Gasteiger partial charge in [0.15, 0.2) is 5.11 Å². The summed E-state index contributed by atoms with van der Waals surface area (Å²) in [7, 11) is 1.37. The molecule has 2 N–H and O–H groups in total. The molecule has 6 nitrogen and oxygen atoms in total. The number of benzene rings is 2. The van der Waals surface area contributed by atoms with Crippen LogP contribution in [-0.2, 0) is 11.3 Å². The van der Waals surface area contributed by atoms with Crippen LogP contribution in [0.3, 0.4) is 0 Å². The van der Waals surface area contributed by atoms with Gasteiger partial charge < -0.3 is 15.4 Å². The Balaban J connectivity index is 1.50. The maximum atomic E-state index is 12.3. The standard InChI is InChI=1S/C23H20N4O2S2/c1-29-22(28)19-14-20(17-8-3-2-4-9-17)31-21(19)26-23(30)25-18-10-5-7-16(13-18)15-27-12-6-11-24-27/h2-14H,15H2,1H3,(H2,25,26,30). The van der Waals surface area contributed by atoms with Gasteiger partial charge in [0.25, 0.3) is 0 Å². The maximum Gasteiger partial charge on any atom is 0.340 e. The molecule has 0 spiro atoms. The lowest BCUT2D eigenvalue weighted by atomic mass is 10.1. The summed E-state index contributed by atoms with van der Waals surface area (Å²) in [6, 6.07) is 21.5. The van der Waals surface area contributed by atoms with E-state index in [1.54, 1.807) is 6.20 Å². The molecule has 2 heterocycles. The van der Waals surface area contributed by atoms with Gasteiger partial charge in [0.05, 0.1) is 19.2 Å². The number of thiophene rings is 1. The molecule has 0 atom stereocenters. The number of aromatic nitrogens is 2. The molecule has 0 amide bonds. The number of nitrogens with zero attached hydrogens (tertiary/aromatic N) is 2.